The van der Waals surface area contributed by atoms with Crippen LogP contribution in [0.5, 0.6) is 5.75 Å². The quantitative estimate of drug-likeness (QED) is 0.873. The Morgan fingerprint density at radius 2 is 2.07 bits per heavy atom. The van der Waals surface area contributed by atoms with Gasteiger partial charge in [-0.05, 0) is 72.5 Å². The average molecular weight is 258 g/mol. The zero-order valence-corrected chi connectivity index (χ0v) is 10.4. The van der Waals surface area contributed by atoms with E-state index in [9.17, 15) is 5.11 Å². The van der Waals surface area contributed by atoms with E-state index in [0.29, 0.717) is 5.75 Å². The van der Waals surface area contributed by atoms with Gasteiger partial charge in [-0.15, -0.1) is 0 Å². The van der Waals surface area contributed by atoms with E-state index < -0.39 is 0 Å². The first kappa shape index (κ1) is 11.5. The largest absolute Gasteiger partial charge is 0.506 e. The lowest BCUT2D eigenvalue weighted by Crippen LogP contribution is -2.11. The Morgan fingerprint density at radius 1 is 1.43 bits per heavy atom. The fourth-order valence-electron chi connectivity index (χ4n) is 1.48. The third-order valence-corrected chi connectivity index (χ3v) is 3.13. The lowest BCUT2D eigenvalue weighted by molar-refractivity contribution is 0.463. The molecule has 0 saturated carbocycles. The predicted molar refractivity (Wildman–Crippen MR) is 62.9 cm³/mol. The molecule has 0 fully saturated rings. The van der Waals surface area contributed by atoms with Crippen molar-refractivity contribution in [2.45, 2.75) is 20.3 Å². The molecule has 0 heterocycles. The fourth-order valence-corrected chi connectivity index (χ4v) is 2.07. The first-order chi connectivity index (χ1) is 6.57. The molecule has 0 saturated heterocycles. The van der Waals surface area contributed by atoms with Crippen LogP contribution >= 0.6 is 15.9 Å². The van der Waals surface area contributed by atoms with Crippen molar-refractivity contribution in [3.63, 3.8) is 0 Å². The van der Waals surface area contributed by atoms with Gasteiger partial charge < -0.3 is 10.4 Å². The molecule has 1 aromatic rings. The van der Waals surface area contributed by atoms with Gasteiger partial charge in [0, 0.05) is 0 Å². The molecule has 0 amide bonds. The summed E-state index contributed by atoms with van der Waals surface area (Å²) < 4.78 is 0.784. The molecule has 0 aliphatic rings. The van der Waals surface area contributed by atoms with Gasteiger partial charge in [0.15, 0.2) is 0 Å². The van der Waals surface area contributed by atoms with E-state index in [1.165, 1.54) is 11.1 Å². The lowest BCUT2D eigenvalue weighted by atomic mass is 10.00. The molecule has 0 aliphatic carbocycles. The molecular formula is C11H16BrNO. The summed E-state index contributed by atoms with van der Waals surface area (Å²) in [6.07, 6.45) is 0.856. The summed E-state index contributed by atoms with van der Waals surface area (Å²) in [5.41, 5.74) is 3.42. The van der Waals surface area contributed by atoms with E-state index in [1.54, 1.807) is 0 Å². The molecule has 3 heteroatoms. The molecule has 1 rings (SSSR count). The minimum Gasteiger partial charge on any atom is -0.506 e. The summed E-state index contributed by atoms with van der Waals surface area (Å²) in [5.74, 6) is 0.378. The number of rotatable bonds is 3. The van der Waals surface area contributed by atoms with Crippen LogP contribution in [0.15, 0.2) is 10.5 Å². The smallest absolute Gasteiger partial charge is 0.133 e. The minimum absolute atomic E-state index is 0.378. The number of phenols is 1. The Labute approximate surface area is 93.5 Å². The highest BCUT2D eigenvalue weighted by atomic mass is 79.9. The Kier molecular flexibility index (Phi) is 3.96. The van der Waals surface area contributed by atoms with Crippen molar-refractivity contribution < 1.29 is 5.11 Å². The topological polar surface area (TPSA) is 32.3 Å². The van der Waals surface area contributed by atoms with Gasteiger partial charge in [-0.3, -0.25) is 0 Å². The highest BCUT2D eigenvalue weighted by Gasteiger charge is 2.10. The first-order valence-corrected chi connectivity index (χ1v) is 5.49. The molecule has 2 nitrogen and oxygen atoms in total. The Bertz CT molecular complexity index is 310. The number of phenolic OH excluding ortho intramolecular Hbond substituents is 1. The maximum atomic E-state index is 9.85. The number of likely N-dealkylation sites (N-methyl/N-ethyl adjacent to an activating group) is 1. The average Bonchev–Trinajstić information content (AvgIpc) is 2.15. The normalized spacial score (nSPS) is 10.6. The molecule has 0 spiro atoms. The van der Waals surface area contributed by atoms with Crippen LogP contribution in [0.3, 0.4) is 0 Å². The molecule has 1 aromatic carbocycles. The molecular weight excluding hydrogens is 242 g/mol. The molecule has 0 bridgehead atoms. The first-order valence-electron chi connectivity index (χ1n) is 4.70. The van der Waals surface area contributed by atoms with Crippen LogP contribution in [0, 0.1) is 13.8 Å². The number of hydrogen-bond donors (Lipinski definition) is 2. The maximum Gasteiger partial charge on any atom is 0.133 e. The molecule has 0 atom stereocenters. The number of hydrogen-bond acceptors (Lipinski definition) is 2. The number of aromatic hydroxyl groups is 1. The van der Waals surface area contributed by atoms with Crippen molar-refractivity contribution in [2.75, 3.05) is 13.6 Å². The van der Waals surface area contributed by atoms with Crippen LogP contribution in [0.1, 0.15) is 16.7 Å². The van der Waals surface area contributed by atoms with Gasteiger partial charge in [-0.1, -0.05) is 0 Å². The molecule has 0 aromatic heterocycles. The third-order valence-electron chi connectivity index (χ3n) is 2.52. The zero-order valence-electron chi connectivity index (χ0n) is 8.82. The van der Waals surface area contributed by atoms with E-state index in [0.717, 1.165) is 23.0 Å². The van der Waals surface area contributed by atoms with Gasteiger partial charge in [0.05, 0.1) is 4.47 Å². The summed E-state index contributed by atoms with van der Waals surface area (Å²) in [6, 6.07) is 1.95. The van der Waals surface area contributed by atoms with Crippen molar-refractivity contribution in [2.24, 2.45) is 0 Å². The highest BCUT2D eigenvalue weighted by molar-refractivity contribution is 9.10. The monoisotopic (exact) mass is 257 g/mol. The van der Waals surface area contributed by atoms with E-state index >= 15 is 0 Å². The standard InChI is InChI=1S/C11H16BrNO/c1-7-6-10(12)11(14)9(8(7)2)4-5-13-3/h6,13-14H,4-5H2,1-3H3. The summed E-state index contributed by atoms with van der Waals surface area (Å²) >= 11 is 3.35. The van der Waals surface area contributed by atoms with Crippen molar-refractivity contribution in [1.82, 2.24) is 5.32 Å². The van der Waals surface area contributed by atoms with E-state index in [1.807, 2.05) is 20.0 Å². The van der Waals surface area contributed by atoms with Crippen molar-refractivity contribution in [3.05, 3.63) is 27.2 Å². The zero-order chi connectivity index (χ0) is 10.7. The summed E-state index contributed by atoms with van der Waals surface area (Å²) in [4.78, 5) is 0. The number of benzene rings is 1. The Morgan fingerprint density at radius 3 is 2.64 bits per heavy atom. The highest BCUT2D eigenvalue weighted by Crippen LogP contribution is 2.32. The number of halogens is 1. The number of aryl methyl sites for hydroxylation is 1. The van der Waals surface area contributed by atoms with E-state index in [2.05, 4.69) is 28.2 Å². The van der Waals surface area contributed by atoms with Crippen LogP contribution < -0.4 is 5.32 Å². The molecule has 0 radical (unpaired) electrons. The van der Waals surface area contributed by atoms with Crippen LogP contribution in [0.4, 0.5) is 0 Å². The van der Waals surface area contributed by atoms with Gasteiger partial charge >= 0.3 is 0 Å². The molecule has 2 N–H and O–H groups in total. The van der Waals surface area contributed by atoms with Gasteiger partial charge in [0.2, 0.25) is 0 Å². The van der Waals surface area contributed by atoms with Crippen LogP contribution in [-0.4, -0.2) is 18.7 Å². The van der Waals surface area contributed by atoms with Gasteiger partial charge in [0.25, 0.3) is 0 Å². The molecule has 0 aliphatic heterocycles. The van der Waals surface area contributed by atoms with Crippen LogP contribution in [0.2, 0.25) is 0 Å². The van der Waals surface area contributed by atoms with Crippen LogP contribution in [-0.2, 0) is 6.42 Å². The van der Waals surface area contributed by atoms with Crippen LogP contribution in [0.25, 0.3) is 0 Å². The van der Waals surface area contributed by atoms with Gasteiger partial charge in [-0.25, -0.2) is 0 Å². The molecule has 78 valence electrons. The Balaban J connectivity index is 3.11. The third kappa shape index (κ3) is 2.28. The second kappa shape index (κ2) is 4.80. The SMILES string of the molecule is CNCCc1c(C)c(C)cc(Br)c1O. The van der Waals surface area contributed by atoms with Crippen molar-refractivity contribution in [3.8, 4) is 5.75 Å². The second-order valence-corrected chi connectivity index (χ2v) is 4.34. The lowest BCUT2D eigenvalue weighted by Gasteiger charge is -2.12. The predicted octanol–water partition coefficient (Wildman–Crippen LogP) is 2.53. The summed E-state index contributed by atoms with van der Waals surface area (Å²) in [5, 5.41) is 12.9. The minimum atomic E-state index is 0.378. The van der Waals surface area contributed by atoms with E-state index in [-0.39, 0.29) is 0 Å². The summed E-state index contributed by atoms with van der Waals surface area (Å²) in [7, 11) is 1.91. The fraction of sp³-hybridized carbons (Fsp3) is 0.455. The second-order valence-electron chi connectivity index (χ2n) is 3.48. The Hall–Kier alpha value is -0.540. The molecule has 0 unspecified atom stereocenters. The van der Waals surface area contributed by atoms with Gasteiger partial charge in [0.1, 0.15) is 5.75 Å². The van der Waals surface area contributed by atoms with Crippen molar-refractivity contribution in [1.29, 1.82) is 0 Å². The van der Waals surface area contributed by atoms with Gasteiger partial charge in [-0.2, -0.15) is 0 Å². The van der Waals surface area contributed by atoms with Crippen molar-refractivity contribution >= 4 is 15.9 Å². The maximum absolute atomic E-state index is 9.85. The van der Waals surface area contributed by atoms with E-state index in [4.69, 9.17) is 0 Å². The number of nitrogens with one attached hydrogen (secondary N) is 1. The summed E-state index contributed by atoms with van der Waals surface area (Å²) in [6.45, 7) is 4.99. The molecule has 14 heavy (non-hydrogen) atoms.